The third kappa shape index (κ3) is 5.47. The normalized spacial score (nSPS) is 12.0. The molecule has 0 spiro atoms. The summed E-state index contributed by atoms with van der Waals surface area (Å²) in [5.41, 5.74) is 1.21. The van der Waals surface area contributed by atoms with Crippen LogP contribution in [0.5, 0.6) is 11.5 Å². The summed E-state index contributed by atoms with van der Waals surface area (Å²) in [4.78, 5) is 0.197. The number of nitrogens with one attached hydrogen (secondary N) is 1. The first-order valence-corrected chi connectivity index (χ1v) is 9.58. The Kier molecular flexibility index (Phi) is 6.08. The molecule has 25 heavy (non-hydrogen) atoms. The molecule has 0 aromatic heterocycles. The van der Waals surface area contributed by atoms with Crippen LogP contribution in [0.1, 0.15) is 26.3 Å². The highest BCUT2D eigenvalue weighted by Crippen LogP contribution is 2.25. The van der Waals surface area contributed by atoms with E-state index >= 15 is 0 Å². The van der Waals surface area contributed by atoms with Crippen LogP contribution in [0.15, 0.2) is 53.4 Å². The second-order valence-corrected chi connectivity index (χ2v) is 8.47. The minimum Gasteiger partial charge on any atom is -0.497 e. The summed E-state index contributed by atoms with van der Waals surface area (Å²) in [6.07, 6.45) is 0. The van der Waals surface area contributed by atoms with Crippen LogP contribution in [0, 0.1) is 0 Å². The molecule has 0 aliphatic rings. The number of benzene rings is 2. The van der Waals surface area contributed by atoms with Gasteiger partial charge < -0.3 is 9.47 Å². The van der Waals surface area contributed by atoms with Gasteiger partial charge in [0, 0.05) is 6.54 Å². The highest BCUT2D eigenvalue weighted by molar-refractivity contribution is 7.89. The fourth-order valence-corrected chi connectivity index (χ4v) is 3.25. The summed E-state index contributed by atoms with van der Waals surface area (Å²) >= 11 is 0. The molecule has 2 aromatic rings. The van der Waals surface area contributed by atoms with Crippen molar-refractivity contribution in [3.8, 4) is 11.5 Å². The number of sulfonamides is 1. The number of hydrogen-bond donors (Lipinski definition) is 1. The molecule has 0 unspecified atom stereocenters. The van der Waals surface area contributed by atoms with Crippen molar-refractivity contribution in [2.24, 2.45) is 0 Å². The fraction of sp³-hybridized carbons (Fsp3) is 0.368. The van der Waals surface area contributed by atoms with Crippen LogP contribution in [0.25, 0.3) is 0 Å². The lowest BCUT2D eigenvalue weighted by atomic mass is 9.87. The average molecular weight is 363 g/mol. The predicted octanol–water partition coefficient (Wildman–Crippen LogP) is 3.35. The highest BCUT2D eigenvalue weighted by Gasteiger charge is 2.15. The van der Waals surface area contributed by atoms with E-state index < -0.39 is 10.0 Å². The lowest BCUT2D eigenvalue weighted by Crippen LogP contribution is -2.28. The molecule has 0 saturated carbocycles. The van der Waals surface area contributed by atoms with Crippen LogP contribution in [0.4, 0.5) is 0 Å². The number of methoxy groups -OCH3 is 1. The number of ether oxygens (including phenoxy) is 2. The lowest BCUT2D eigenvalue weighted by molar-refractivity contribution is 0.322. The third-order valence-electron chi connectivity index (χ3n) is 3.73. The largest absolute Gasteiger partial charge is 0.497 e. The molecule has 0 radical (unpaired) electrons. The van der Waals surface area contributed by atoms with Crippen LogP contribution < -0.4 is 14.2 Å². The first kappa shape index (κ1) is 19.3. The van der Waals surface area contributed by atoms with Crippen molar-refractivity contribution in [2.45, 2.75) is 31.1 Å². The van der Waals surface area contributed by atoms with Crippen molar-refractivity contribution in [3.63, 3.8) is 0 Å². The van der Waals surface area contributed by atoms with E-state index in [0.29, 0.717) is 5.75 Å². The van der Waals surface area contributed by atoms with E-state index in [2.05, 4.69) is 31.6 Å². The highest BCUT2D eigenvalue weighted by atomic mass is 32.2. The van der Waals surface area contributed by atoms with Gasteiger partial charge in [-0.1, -0.05) is 32.9 Å². The fourth-order valence-electron chi connectivity index (χ4n) is 2.24. The minimum absolute atomic E-state index is 0.0370. The molecule has 6 heteroatoms. The van der Waals surface area contributed by atoms with Gasteiger partial charge in [-0.05, 0) is 47.4 Å². The van der Waals surface area contributed by atoms with Crippen molar-refractivity contribution in [3.05, 3.63) is 54.1 Å². The van der Waals surface area contributed by atoms with Crippen LogP contribution in [-0.2, 0) is 15.4 Å². The van der Waals surface area contributed by atoms with E-state index in [9.17, 15) is 8.42 Å². The second kappa shape index (κ2) is 7.89. The molecule has 0 atom stereocenters. The van der Waals surface area contributed by atoms with Crippen molar-refractivity contribution >= 4 is 10.0 Å². The van der Waals surface area contributed by atoms with E-state index in [1.807, 2.05) is 18.2 Å². The Balaban J connectivity index is 1.90. The van der Waals surface area contributed by atoms with Gasteiger partial charge in [-0.3, -0.25) is 0 Å². The van der Waals surface area contributed by atoms with Crippen molar-refractivity contribution in [1.82, 2.24) is 4.72 Å². The molecule has 136 valence electrons. The molecule has 2 rings (SSSR count). The molecule has 0 fully saturated rings. The molecule has 0 bridgehead atoms. The van der Waals surface area contributed by atoms with Gasteiger partial charge in [0.05, 0.1) is 12.0 Å². The molecule has 0 amide bonds. The van der Waals surface area contributed by atoms with Gasteiger partial charge >= 0.3 is 0 Å². The van der Waals surface area contributed by atoms with Gasteiger partial charge in [0.1, 0.15) is 18.1 Å². The minimum atomic E-state index is -3.56. The Labute approximate surface area is 150 Å². The summed E-state index contributed by atoms with van der Waals surface area (Å²) in [6, 6.07) is 14.1. The van der Waals surface area contributed by atoms with E-state index in [1.165, 1.54) is 24.8 Å². The van der Waals surface area contributed by atoms with Crippen LogP contribution in [-0.4, -0.2) is 28.7 Å². The van der Waals surface area contributed by atoms with E-state index in [0.717, 1.165) is 5.75 Å². The molecule has 0 saturated heterocycles. The molecular formula is C19H25NO4S. The summed E-state index contributed by atoms with van der Waals surface area (Å²) in [5, 5.41) is 0. The molecule has 1 N–H and O–H groups in total. The number of rotatable bonds is 7. The van der Waals surface area contributed by atoms with Crippen molar-refractivity contribution < 1.29 is 17.9 Å². The quantitative estimate of drug-likeness (QED) is 0.766. The Morgan fingerprint density at radius 2 is 1.68 bits per heavy atom. The second-order valence-electron chi connectivity index (χ2n) is 6.70. The van der Waals surface area contributed by atoms with Crippen LogP contribution in [0.2, 0.25) is 0 Å². The van der Waals surface area contributed by atoms with Crippen molar-refractivity contribution in [1.29, 1.82) is 0 Å². The third-order valence-corrected chi connectivity index (χ3v) is 5.21. The van der Waals surface area contributed by atoms with Crippen LogP contribution >= 0.6 is 0 Å². The molecule has 5 nitrogen and oxygen atoms in total. The average Bonchev–Trinajstić information content (AvgIpc) is 2.58. The summed E-state index contributed by atoms with van der Waals surface area (Å²) in [7, 11) is -2.02. The Bertz CT molecular complexity index is 793. The maximum Gasteiger partial charge on any atom is 0.240 e. The molecule has 2 aromatic carbocycles. The molecular weight excluding hydrogens is 338 g/mol. The topological polar surface area (TPSA) is 64.6 Å². The summed E-state index contributed by atoms with van der Waals surface area (Å²) in [5.74, 6) is 1.34. The SMILES string of the molecule is COc1ccc(S(=O)(=O)NCCOc2cccc(C(C)(C)C)c2)cc1. The molecule has 0 heterocycles. The first-order chi connectivity index (χ1) is 11.7. The van der Waals surface area contributed by atoms with E-state index in [1.54, 1.807) is 12.1 Å². The zero-order valence-corrected chi connectivity index (χ0v) is 15.9. The van der Waals surface area contributed by atoms with Crippen molar-refractivity contribution in [2.75, 3.05) is 20.3 Å². The Morgan fingerprint density at radius 1 is 1.00 bits per heavy atom. The Morgan fingerprint density at radius 3 is 2.28 bits per heavy atom. The van der Waals surface area contributed by atoms with Crippen LogP contribution in [0.3, 0.4) is 0 Å². The smallest absolute Gasteiger partial charge is 0.240 e. The molecule has 0 aliphatic carbocycles. The van der Waals surface area contributed by atoms with Gasteiger partial charge in [-0.2, -0.15) is 0 Å². The van der Waals surface area contributed by atoms with Gasteiger partial charge in [0.15, 0.2) is 0 Å². The Hall–Kier alpha value is -2.05. The maximum atomic E-state index is 12.2. The predicted molar refractivity (Wildman–Crippen MR) is 98.8 cm³/mol. The maximum absolute atomic E-state index is 12.2. The molecule has 0 aliphatic heterocycles. The van der Waals surface area contributed by atoms with Gasteiger partial charge in [0.25, 0.3) is 0 Å². The van der Waals surface area contributed by atoms with Gasteiger partial charge in [-0.25, -0.2) is 13.1 Å². The first-order valence-electron chi connectivity index (χ1n) is 8.09. The lowest BCUT2D eigenvalue weighted by Gasteiger charge is -2.19. The summed E-state index contributed by atoms with van der Waals surface area (Å²) < 4.78 is 37.7. The zero-order valence-electron chi connectivity index (χ0n) is 15.1. The standard InChI is InChI=1S/C19H25NO4S/c1-19(2,3)15-6-5-7-17(14-15)24-13-12-20-25(21,22)18-10-8-16(23-4)9-11-18/h5-11,14,20H,12-13H2,1-4H3. The van der Waals surface area contributed by atoms with Gasteiger partial charge in [0.2, 0.25) is 10.0 Å². The monoisotopic (exact) mass is 363 g/mol. The van der Waals surface area contributed by atoms with E-state index in [4.69, 9.17) is 9.47 Å². The number of hydrogen-bond acceptors (Lipinski definition) is 4. The van der Waals surface area contributed by atoms with E-state index in [-0.39, 0.29) is 23.5 Å². The van der Waals surface area contributed by atoms with Gasteiger partial charge in [-0.15, -0.1) is 0 Å². The summed E-state index contributed by atoms with van der Waals surface area (Å²) in [6.45, 7) is 6.84. The zero-order chi connectivity index (χ0) is 18.5.